The van der Waals surface area contributed by atoms with Crippen molar-refractivity contribution in [1.29, 1.82) is 0 Å². The second-order valence-corrected chi connectivity index (χ2v) is 5.42. The molecule has 1 aliphatic heterocycles. The average molecular weight is 220 g/mol. The van der Waals surface area contributed by atoms with Crippen molar-refractivity contribution >= 4 is 0 Å². The van der Waals surface area contributed by atoms with E-state index in [1.54, 1.807) is 0 Å². The van der Waals surface area contributed by atoms with Crippen molar-refractivity contribution in [3.63, 3.8) is 0 Å². The van der Waals surface area contributed by atoms with Gasteiger partial charge in [-0.2, -0.15) is 0 Å². The summed E-state index contributed by atoms with van der Waals surface area (Å²) in [5.41, 5.74) is 1.51. The summed E-state index contributed by atoms with van der Waals surface area (Å²) in [7, 11) is 0. The van der Waals surface area contributed by atoms with Crippen LogP contribution in [-0.4, -0.2) is 5.60 Å². The van der Waals surface area contributed by atoms with Gasteiger partial charge in [0.1, 0.15) is 11.4 Å². The molecule has 0 unspecified atom stereocenters. The van der Waals surface area contributed by atoms with E-state index in [0.29, 0.717) is 0 Å². The van der Waals surface area contributed by atoms with Crippen LogP contribution in [-0.2, 0) is 5.41 Å². The summed E-state index contributed by atoms with van der Waals surface area (Å²) in [6.45, 7) is 12.9. The van der Waals surface area contributed by atoms with Gasteiger partial charge < -0.3 is 4.74 Å². The van der Waals surface area contributed by atoms with Crippen LogP contribution in [0.4, 0.5) is 0 Å². The molecule has 1 heterocycles. The van der Waals surface area contributed by atoms with Crippen molar-refractivity contribution in [3.05, 3.63) is 29.8 Å². The van der Waals surface area contributed by atoms with Crippen LogP contribution in [0.1, 0.15) is 53.5 Å². The van der Waals surface area contributed by atoms with Gasteiger partial charge in [0.25, 0.3) is 0 Å². The van der Waals surface area contributed by atoms with Crippen LogP contribution >= 0.6 is 0 Å². The van der Waals surface area contributed by atoms with Crippen LogP contribution in [0.3, 0.4) is 0 Å². The molecule has 1 aromatic rings. The predicted octanol–water partition coefficient (Wildman–Crippen LogP) is 4.55. The Morgan fingerprint density at radius 3 is 2.19 bits per heavy atom. The Morgan fingerprint density at radius 2 is 1.56 bits per heavy atom. The van der Waals surface area contributed by atoms with E-state index >= 15 is 0 Å². The van der Waals surface area contributed by atoms with E-state index in [4.69, 9.17) is 4.74 Å². The first-order chi connectivity index (χ1) is 7.41. The lowest BCUT2D eigenvalue weighted by molar-refractivity contribution is 0.0534. The maximum Gasteiger partial charge on any atom is 0.123 e. The molecule has 0 N–H and O–H groups in total. The smallest absolute Gasteiger partial charge is 0.123 e. The van der Waals surface area contributed by atoms with Gasteiger partial charge in [-0.05, 0) is 37.3 Å². The molecule has 0 bridgehead atoms. The molecule has 0 fully saturated rings. The quantitative estimate of drug-likeness (QED) is 0.623. The first kappa shape index (κ1) is 13.1. The van der Waals surface area contributed by atoms with E-state index in [9.17, 15) is 0 Å². The highest BCUT2D eigenvalue weighted by atomic mass is 16.5. The number of hydrogen-bond donors (Lipinski definition) is 0. The summed E-state index contributed by atoms with van der Waals surface area (Å²) in [5.74, 6) is 1.05. The molecule has 0 radical (unpaired) electrons. The van der Waals surface area contributed by atoms with Crippen molar-refractivity contribution in [3.8, 4) is 5.75 Å². The van der Waals surface area contributed by atoms with E-state index in [0.717, 1.165) is 12.2 Å². The largest absolute Gasteiger partial charge is 0.488 e. The molecule has 0 aliphatic carbocycles. The maximum atomic E-state index is 5.95. The van der Waals surface area contributed by atoms with Gasteiger partial charge in [0, 0.05) is 0 Å². The van der Waals surface area contributed by atoms with Gasteiger partial charge in [-0.25, -0.2) is 0 Å². The molecule has 0 saturated heterocycles. The van der Waals surface area contributed by atoms with Crippen LogP contribution in [0.5, 0.6) is 5.75 Å². The number of hydrogen-bond acceptors (Lipinski definition) is 1. The molecule has 0 aromatic heterocycles. The fraction of sp³-hybridized carbons (Fsp3) is 0.600. The van der Waals surface area contributed by atoms with E-state index in [-0.39, 0.29) is 11.0 Å². The Labute approximate surface area is 99.8 Å². The van der Waals surface area contributed by atoms with Gasteiger partial charge in [0.2, 0.25) is 0 Å². The highest BCUT2D eigenvalue weighted by molar-refractivity contribution is 5.41. The van der Waals surface area contributed by atoms with Crippen LogP contribution in [0.15, 0.2) is 24.3 Å². The highest BCUT2D eigenvalue weighted by Gasteiger charge is 2.38. The van der Waals surface area contributed by atoms with Crippen LogP contribution < -0.4 is 4.74 Å². The minimum atomic E-state index is -0.0438. The molecular weight excluding hydrogens is 196 g/mol. The normalized spacial score (nSPS) is 19.9. The Hall–Kier alpha value is -0.980. The van der Waals surface area contributed by atoms with Gasteiger partial charge in [0.05, 0.1) is 0 Å². The summed E-state index contributed by atoms with van der Waals surface area (Å²) in [6.07, 6.45) is 1.07. The van der Waals surface area contributed by atoms with Gasteiger partial charge >= 0.3 is 0 Å². The summed E-state index contributed by atoms with van der Waals surface area (Å²) < 4.78 is 5.95. The zero-order chi connectivity index (χ0) is 12.4. The molecule has 16 heavy (non-hydrogen) atoms. The van der Waals surface area contributed by atoms with Crippen molar-refractivity contribution in [1.82, 2.24) is 0 Å². The molecule has 1 heteroatoms. The average Bonchev–Trinajstić information content (AvgIpc) is 2.17. The molecule has 90 valence electrons. The van der Waals surface area contributed by atoms with Crippen LogP contribution in [0.2, 0.25) is 0 Å². The van der Waals surface area contributed by atoms with E-state index in [2.05, 4.69) is 45.9 Å². The third kappa shape index (κ3) is 2.58. The fourth-order valence-electron chi connectivity index (χ4n) is 2.61. The van der Waals surface area contributed by atoms with Gasteiger partial charge in [-0.15, -0.1) is 0 Å². The Balaban J connectivity index is 0.000000606. The minimum Gasteiger partial charge on any atom is -0.488 e. The fourth-order valence-corrected chi connectivity index (χ4v) is 2.61. The summed E-state index contributed by atoms with van der Waals surface area (Å²) in [5, 5.41) is 0. The van der Waals surface area contributed by atoms with Crippen LogP contribution in [0, 0.1) is 0 Å². The Kier molecular flexibility index (Phi) is 3.67. The van der Waals surface area contributed by atoms with Gasteiger partial charge in [-0.1, -0.05) is 45.9 Å². The standard InChI is InChI=1S/C13H18O.C2H6/c1-12(2)9-13(3,4)14-11-8-6-5-7-10(11)12;1-2/h5-8H,9H2,1-4H3;1-2H3. The number of ether oxygens (including phenoxy) is 1. The number of benzene rings is 1. The summed E-state index contributed by atoms with van der Waals surface area (Å²) >= 11 is 0. The lowest BCUT2D eigenvalue weighted by atomic mass is 9.74. The third-order valence-electron chi connectivity index (χ3n) is 2.87. The molecule has 1 aromatic carbocycles. The van der Waals surface area contributed by atoms with Crippen molar-refractivity contribution in [2.24, 2.45) is 0 Å². The second-order valence-electron chi connectivity index (χ2n) is 5.42. The maximum absolute atomic E-state index is 5.95. The minimum absolute atomic E-state index is 0.0438. The van der Waals surface area contributed by atoms with E-state index < -0.39 is 0 Å². The predicted molar refractivity (Wildman–Crippen MR) is 70.1 cm³/mol. The number of para-hydroxylation sites is 1. The van der Waals surface area contributed by atoms with Gasteiger partial charge in [0.15, 0.2) is 0 Å². The highest BCUT2D eigenvalue weighted by Crippen LogP contribution is 2.44. The summed E-state index contributed by atoms with van der Waals surface area (Å²) in [6, 6.07) is 8.36. The molecule has 0 spiro atoms. The second kappa shape index (κ2) is 4.48. The SMILES string of the molecule is CC.CC1(C)CC(C)(C)c2ccccc2O1. The Bertz CT molecular complexity index is 350. The first-order valence-corrected chi connectivity index (χ1v) is 6.19. The monoisotopic (exact) mass is 220 g/mol. The zero-order valence-corrected chi connectivity index (χ0v) is 11.4. The summed E-state index contributed by atoms with van der Waals surface area (Å²) in [4.78, 5) is 0. The van der Waals surface area contributed by atoms with E-state index in [1.807, 2.05) is 19.9 Å². The molecular formula is C15H24O. The molecule has 0 saturated carbocycles. The molecule has 1 nitrogen and oxygen atoms in total. The molecule has 0 atom stereocenters. The van der Waals surface area contributed by atoms with Crippen molar-refractivity contribution in [2.75, 3.05) is 0 Å². The lowest BCUT2D eigenvalue weighted by Crippen LogP contribution is -2.41. The zero-order valence-electron chi connectivity index (χ0n) is 11.4. The van der Waals surface area contributed by atoms with Crippen molar-refractivity contribution < 1.29 is 4.74 Å². The molecule has 1 aliphatic rings. The lowest BCUT2D eigenvalue weighted by Gasteiger charge is -2.42. The molecule has 0 amide bonds. The first-order valence-electron chi connectivity index (χ1n) is 6.19. The van der Waals surface area contributed by atoms with E-state index in [1.165, 1.54) is 5.56 Å². The topological polar surface area (TPSA) is 9.23 Å². The molecule has 2 rings (SSSR count). The number of fused-ring (bicyclic) bond motifs is 1. The Morgan fingerprint density at radius 1 is 1.00 bits per heavy atom. The van der Waals surface area contributed by atoms with Gasteiger partial charge in [-0.3, -0.25) is 0 Å². The third-order valence-corrected chi connectivity index (χ3v) is 2.87. The number of rotatable bonds is 0. The van der Waals surface area contributed by atoms with Crippen molar-refractivity contribution in [2.45, 2.75) is 59.0 Å². The van der Waals surface area contributed by atoms with Crippen LogP contribution in [0.25, 0.3) is 0 Å².